The number of aromatic nitrogens is 2. The van der Waals surface area contributed by atoms with Crippen LogP contribution >= 0.6 is 0 Å². The van der Waals surface area contributed by atoms with Crippen LogP contribution in [0.25, 0.3) is 0 Å². The van der Waals surface area contributed by atoms with E-state index in [4.69, 9.17) is 5.73 Å². The van der Waals surface area contributed by atoms with Crippen LogP contribution in [0.5, 0.6) is 0 Å². The molecule has 0 atom stereocenters. The van der Waals surface area contributed by atoms with E-state index in [1.54, 1.807) is 31.1 Å². The van der Waals surface area contributed by atoms with Crippen LogP contribution in [0.2, 0.25) is 0 Å². The maximum absolute atomic E-state index is 11.6. The van der Waals surface area contributed by atoms with Gasteiger partial charge in [-0.25, -0.2) is 0 Å². The topological polar surface area (TPSA) is 75.4 Å². The summed E-state index contributed by atoms with van der Waals surface area (Å²) in [4.78, 5) is 15.0. The number of hydrogen-bond donors (Lipinski definition) is 1. The fraction of sp³-hybridized carbons (Fsp3) is 0.500. The van der Waals surface area contributed by atoms with Gasteiger partial charge in [0, 0.05) is 20.6 Å². The summed E-state index contributed by atoms with van der Waals surface area (Å²) in [6.45, 7) is 2.95. The van der Waals surface area contributed by atoms with Crippen molar-refractivity contribution in [3.63, 3.8) is 0 Å². The number of amides is 1. The molecule has 1 aromatic heterocycles. The van der Waals surface area contributed by atoms with E-state index >= 15 is 0 Å². The number of anilines is 2. The Labute approximate surface area is 95.0 Å². The number of nitrogen functional groups attached to an aromatic ring is 1. The summed E-state index contributed by atoms with van der Waals surface area (Å²) in [6, 6.07) is 3.43. The first kappa shape index (κ1) is 12.2. The maximum atomic E-state index is 11.6. The third-order valence-electron chi connectivity index (χ3n) is 2.20. The van der Waals surface area contributed by atoms with Crippen LogP contribution in [0, 0.1) is 0 Å². The predicted molar refractivity (Wildman–Crippen MR) is 63.0 cm³/mol. The smallest absolute Gasteiger partial charge is 0.241 e. The van der Waals surface area contributed by atoms with Gasteiger partial charge in [-0.15, -0.1) is 10.2 Å². The van der Waals surface area contributed by atoms with Crippen LogP contribution in [-0.4, -0.2) is 48.2 Å². The van der Waals surface area contributed by atoms with Crippen molar-refractivity contribution in [2.24, 2.45) is 0 Å². The highest BCUT2D eigenvalue weighted by molar-refractivity contribution is 5.80. The standard InChI is InChI=1S/C10H17N5O/c1-4-15(7-10(16)14(2)3)9-6-5-8(11)12-13-9/h5-6H,4,7H2,1-3H3,(H2,11,12). The van der Waals surface area contributed by atoms with Gasteiger partial charge in [-0.05, 0) is 19.1 Å². The summed E-state index contributed by atoms with van der Waals surface area (Å²) < 4.78 is 0. The molecule has 0 aliphatic carbocycles. The molecule has 16 heavy (non-hydrogen) atoms. The third-order valence-corrected chi connectivity index (χ3v) is 2.20. The second-order valence-corrected chi connectivity index (χ2v) is 3.62. The number of rotatable bonds is 4. The van der Waals surface area contributed by atoms with E-state index in [1.165, 1.54) is 0 Å². The van der Waals surface area contributed by atoms with Gasteiger partial charge in [0.25, 0.3) is 0 Å². The van der Waals surface area contributed by atoms with Gasteiger partial charge in [0.15, 0.2) is 5.82 Å². The molecule has 0 spiro atoms. The summed E-state index contributed by atoms with van der Waals surface area (Å²) in [6.07, 6.45) is 0. The number of carbonyl (C=O) groups excluding carboxylic acids is 1. The highest BCUT2D eigenvalue weighted by atomic mass is 16.2. The average Bonchev–Trinajstić information content (AvgIpc) is 2.26. The Balaban J connectivity index is 2.74. The summed E-state index contributed by atoms with van der Waals surface area (Å²) in [5.41, 5.74) is 5.45. The minimum atomic E-state index is 0.0282. The van der Waals surface area contributed by atoms with Crippen molar-refractivity contribution in [1.82, 2.24) is 15.1 Å². The summed E-state index contributed by atoms with van der Waals surface area (Å²) in [7, 11) is 3.45. The lowest BCUT2D eigenvalue weighted by atomic mass is 10.4. The molecular formula is C10H17N5O. The van der Waals surface area contributed by atoms with Crippen molar-refractivity contribution in [2.45, 2.75) is 6.92 Å². The van der Waals surface area contributed by atoms with Crippen molar-refractivity contribution >= 4 is 17.5 Å². The third kappa shape index (κ3) is 3.08. The Morgan fingerprint density at radius 2 is 2.06 bits per heavy atom. The molecule has 1 amide bonds. The summed E-state index contributed by atoms with van der Waals surface area (Å²) in [5.74, 6) is 1.06. The van der Waals surface area contributed by atoms with Gasteiger partial charge >= 0.3 is 0 Å². The Kier molecular flexibility index (Phi) is 4.04. The molecule has 1 rings (SSSR count). The van der Waals surface area contributed by atoms with Gasteiger partial charge in [0.2, 0.25) is 5.91 Å². The molecule has 0 radical (unpaired) electrons. The minimum Gasteiger partial charge on any atom is -0.382 e. The van der Waals surface area contributed by atoms with E-state index < -0.39 is 0 Å². The zero-order valence-electron chi connectivity index (χ0n) is 9.84. The second kappa shape index (κ2) is 5.29. The summed E-state index contributed by atoms with van der Waals surface area (Å²) >= 11 is 0. The fourth-order valence-electron chi connectivity index (χ4n) is 1.16. The van der Waals surface area contributed by atoms with E-state index in [-0.39, 0.29) is 5.91 Å². The molecule has 1 aromatic rings. The summed E-state index contributed by atoms with van der Waals surface area (Å²) in [5, 5.41) is 7.70. The zero-order chi connectivity index (χ0) is 12.1. The maximum Gasteiger partial charge on any atom is 0.241 e. The normalized spacial score (nSPS) is 9.94. The molecule has 0 saturated carbocycles. The van der Waals surface area contributed by atoms with Crippen LogP contribution < -0.4 is 10.6 Å². The largest absolute Gasteiger partial charge is 0.382 e. The van der Waals surface area contributed by atoms with E-state index in [0.717, 1.165) is 0 Å². The highest BCUT2D eigenvalue weighted by Crippen LogP contribution is 2.09. The first-order valence-corrected chi connectivity index (χ1v) is 5.09. The molecular weight excluding hydrogens is 206 g/mol. The van der Waals surface area contributed by atoms with Crippen molar-refractivity contribution in [1.29, 1.82) is 0 Å². The zero-order valence-corrected chi connectivity index (χ0v) is 9.84. The molecule has 6 heteroatoms. The first-order valence-electron chi connectivity index (χ1n) is 5.09. The lowest BCUT2D eigenvalue weighted by Crippen LogP contribution is -2.37. The molecule has 88 valence electrons. The molecule has 6 nitrogen and oxygen atoms in total. The molecule has 0 aromatic carbocycles. The molecule has 1 heterocycles. The highest BCUT2D eigenvalue weighted by Gasteiger charge is 2.12. The molecule has 0 aliphatic heterocycles. The monoisotopic (exact) mass is 223 g/mol. The SMILES string of the molecule is CCN(CC(=O)N(C)C)c1ccc(N)nn1. The average molecular weight is 223 g/mol. The molecule has 0 bridgehead atoms. The molecule has 2 N–H and O–H groups in total. The number of carbonyl (C=O) groups is 1. The number of nitrogens with two attached hydrogens (primary N) is 1. The van der Waals surface area contributed by atoms with E-state index in [1.807, 2.05) is 11.8 Å². The molecule has 0 saturated heterocycles. The lowest BCUT2D eigenvalue weighted by Gasteiger charge is -2.22. The Bertz CT molecular complexity index is 349. The molecule has 0 unspecified atom stereocenters. The van der Waals surface area contributed by atoms with Crippen LogP contribution in [0.3, 0.4) is 0 Å². The van der Waals surface area contributed by atoms with Gasteiger partial charge < -0.3 is 15.5 Å². The van der Waals surface area contributed by atoms with Crippen LogP contribution in [0.1, 0.15) is 6.92 Å². The van der Waals surface area contributed by atoms with Crippen molar-refractivity contribution in [3.05, 3.63) is 12.1 Å². The van der Waals surface area contributed by atoms with E-state index in [2.05, 4.69) is 10.2 Å². The molecule has 0 aliphatic rings. The number of nitrogens with zero attached hydrogens (tertiary/aromatic N) is 4. The Morgan fingerprint density at radius 1 is 1.38 bits per heavy atom. The molecule has 0 fully saturated rings. The second-order valence-electron chi connectivity index (χ2n) is 3.62. The van der Waals surface area contributed by atoms with Crippen molar-refractivity contribution < 1.29 is 4.79 Å². The van der Waals surface area contributed by atoms with E-state index in [9.17, 15) is 4.79 Å². The van der Waals surface area contributed by atoms with Gasteiger partial charge in [0.1, 0.15) is 5.82 Å². The predicted octanol–water partition coefficient (Wildman–Crippen LogP) is -0.0267. The first-order chi connectivity index (χ1) is 7.54. The lowest BCUT2D eigenvalue weighted by molar-refractivity contribution is -0.127. The minimum absolute atomic E-state index is 0.0282. The Morgan fingerprint density at radius 3 is 2.50 bits per heavy atom. The van der Waals surface area contributed by atoms with Gasteiger partial charge in [-0.1, -0.05) is 0 Å². The quantitative estimate of drug-likeness (QED) is 0.776. The van der Waals surface area contributed by atoms with Gasteiger partial charge in [0.05, 0.1) is 6.54 Å². The number of likely N-dealkylation sites (N-methyl/N-ethyl adjacent to an activating group) is 2. The van der Waals surface area contributed by atoms with Gasteiger partial charge in [-0.2, -0.15) is 0 Å². The van der Waals surface area contributed by atoms with Gasteiger partial charge in [-0.3, -0.25) is 4.79 Å². The van der Waals surface area contributed by atoms with Crippen LogP contribution in [0.15, 0.2) is 12.1 Å². The van der Waals surface area contributed by atoms with Crippen molar-refractivity contribution in [3.8, 4) is 0 Å². The van der Waals surface area contributed by atoms with Crippen molar-refractivity contribution in [2.75, 3.05) is 37.8 Å². The number of hydrogen-bond acceptors (Lipinski definition) is 5. The Hall–Kier alpha value is -1.85. The van der Waals surface area contributed by atoms with E-state index in [0.29, 0.717) is 24.7 Å². The van der Waals surface area contributed by atoms with Crippen LogP contribution in [0.4, 0.5) is 11.6 Å². The fourth-order valence-corrected chi connectivity index (χ4v) is 1.16. The van der Waals surface area contributed by atoms with Crippen LogP contribution in [-0.2, 0) is 4.79 Å².